The Labute approximate surface area is 237 Å². The van der Waals surface area contributed by atoms with E-state index in [4.69, 9.17) is 27.4 Å². The molecule has 1 amide bonds. The smallest absolute Gasteiger partial charge is 0.305 e. The fourth-order valence-corrected chi connectivity index (χ4v) is 6.45. The molecule has 14 heteroatoms. The number of aryl methyl sites for hydroxylation is 1. The van der Waals surface area contributed by atoms with Gasteiger partial charge < -0.3 is 20.6 Å². The van der Waals surface area contributed by atoms with E-state index in [1.165, 1.54) is 18.2 Å². The summed E-state index contributed by atoms with van der Waals surface area (Å²) >= 11 is 6.19. The Morgan fingerprint density at radius 1 is 1.25 bits per heavy atom. The van der Waals surface area contributed by atoms with Gasteiger partial charge in [-0.05, 0) is 50.8 Å². The topological polar surface area (TPSA) is 163 Å². The number of fused-ring (bicyclic) bond motifs is 1. The number of nitrogens with zero attached hydrogens (tertiary/aromatic N) is 5. The van der Waals surface area contributed by atoms with Gasteiger partial charge in [-0.25, -0.2) is 17.9 Å². The number of halogens is 1. The number of amides is 1. The maximum absolute atomic E-state index is 13.8. The number of aromatic nitrogens is 3. The normalized spacial score (nSPS) is 21.6. The van der Waals surface area contributed by atoms with Crippen molar-refractivity contribution in [2.24, 2.45) is 5.73 Å². The van der Waals surface area contributed by atoms with E-state index in [-0.39, 0.29) is 41.7 Å². The average molecular weight is 590 g/mol. The molecule has 2 aliphatic heterocycles. The van der Waals surface area contributed by atoms with Crippen LogP contribution in [0.4, 0.5) is 11.5 Å². The van der Waals surface area contributed by atoms with Gasteiger partial charge in [0.05, 0.1) is 35.7 Å². The molecule has 4 heterocycles. The number of nitrogens with one attached hydrogen (secondary N) is 1. The number of hydrogen-bond donors (Lipinski definition) is 3. The number of carbonyl (C=O) groups excluding carboxylic acids is 1. The second-order valence-corrected chi connectivity index (χ2v) is 12.8. The first-order valence-electron chi connectivity index (χ1n) is 13.1. The standard InChI is InChI=1S/C26H32ClN7O5S/c1-15-13-34-23(29-25(15)33-14-17(28)10-18(33)11-24(35)36)12-21(30-34)22-5-3-4-8-32(22)26(37)19-9-16(27)6-7-20(19)31-40(2,38)39/h6-7,9,12-13,17-18,22,31H,3-5,8,10-11,14,28H2,1-2H3,(H,35,36). The predicted octanol–water partition coefficient (Wildman–Crippen LogP) is 2.81. The fourth-order valence-electron chi connectivity index (χ4n) is 5.70. The number of aliphatic carboxylic acids is 1. The van der Waals surface area contributed by atoms with Crippen LogP contribution in [0.5, 0.6) is 0 Å². The predicted molar refractivity (Wildman–Crippen MR) is 151 cm³/mol. The number of hydrogen-bond acceptors (Lipinski definition) is 8. The van der Waals surface area contributed by atoms with Crippen LogP contribution in [0.15, 0.2) is 30.5 Å². The molecule has 0 spiro atoms. The van der Waals surface area contributed by atoms with Crippen molar-refractivity contribution in [3.63, 3.8) is 0 Å². The van der Waals surface area contributed by atoms with Gasteiger partial charge in [0, 0.05) is 48.0 Å². The van der Waals surface area contributed by atoms with E-state index in [2.05, 4.69) is 4.72 Å². The van der Waals surface area contributed by atoms with Gasteiger partial charge in [-0.1, -0.05) is 11.6 Å². The highest BCUT2D eigenvalue weighted by molar-refractivity contribution is 7.92. The number of likely N-dealkylation sites (tertiary alicyclic amines) is 1. The number of carbonyl (C=O) groups is 2. The summed E-state index contributed by atoms with van der Waals surface area (Å²) in [5, 5.41) is 14.5. The van der Waals surface area contributed by atoms with E-state index in [1.54, 1.807) is 9.42 Å². The van der Waals surface area contributed by atoms with Crippen molar-refractivity contribution < 1.29 is 23.1 Å². The molecular weight excluding hydrogens is 558 g/mol. The molecule has 2 aliphatic rings. The third-order valence-electron chi connectivity index (χ3n) is 7.37. The molecule has 5 rings (SSSR count). The number of carboxylic acids is 1. The van der Waals surface area contributed by atoms with Crippen LogP contribution < -0.4 is 15.4 Å². The Bertz CT molecular complexity index is 1580. The molecular formula is C26H32ClN7O5S. The Balaban J connectivity index is 1.48. The van der Waals surface area contributed by atoms with Gasteiger partial charge in [0.15, 0.2) is 5.65 Å². The van der Waals surface area contributed by atoms with E-state index >= 15 is 0 Å². The van der Waals surface area contributed by atoms with Crippen LogP contribution >= 0.6 is 11.6 Å². The molecule has 4 N–H and O–H groups in total. The monoisotopic (exact) mass is 589 g/mol. The van der Waals surface area contributed by atoms with Gasteiger partial charge in [-0.2, -0.15) is 5.10 Å². The lowest BCUT2D eigenvalue weighted by Gasteiger charge is -2.35. The SMILES string of the molecule is Cc1cn2nc(C3CCCCN3C(=O)c3cc(Cl)ccc3NS(C)(=O)=O)cc2nc1N1CC(N)CC1CC(=O)O. The molecule has 12 nitrogen and oxygen atoms in total. The lowest BCUT2D eigenvalue weighted by Crippen LogP contribution is -2.39. The zero-order valence-electron chi connectivity index (χ0n) is 22.2. The summed E-state index contributed by atoms with van der Waals surface area (Å²) in [5.74, 6) is -0.556. The molecule has 0 aliphatic carbocycles. The van der Waals surface area contributed by atoms with Crippen molar-refractivity contribution in [1.29, 1.82) is 0 Å². The molecule has 2 fully saturated rings. The molecule has 0 radical (unpaired) electrons. The minimum atomic E-state index is -3.62. The van der Waals surface area contributed by atoms with E-state index in [1.807, 2.05) is 24.1 Å². The number of rotatable bonds is 7. The van der Waals surface area contributed by atoms with Gasteiger partial charge in [0.2, 0.25) is 10.0 Å². The van der Waals surface area contributed by atoms with Crippen molar-refractivity contribution in [2.75, 3.05) is 29.0 Å². The summed E-state index contributed by atoms with van der Waals surface area (Å²) in [6.45, 7) is 2.89. The molecule has 0 bridgehead atoms. The highest BCUT2D eigenvalue weighted by Gasteiger charge is 2.35. The third-order valence-corrected chi connectivity index (χ3v) is 8.19. The molecule has 1 aromatic carbocycles. The minimum Gasteiger partial charge on any atom is -0.481 e. The highest BCUT2D eigenvalue weighted by Crippen LogP contribution is 2.35. The number of carboxylic acid groups (broad SMARTS) is 1. The lowest BCUT2D eigenvalue weighted by molar-refractivity contribution is -0.137. The Hall–Kier alpha value is -3.42. The summed E-state index contributed by atoms with van der Waals surface area (Å²) in [5.41, 5.74) is 8.58. The summed E-state index contributed by atoms with van der Waals surface area (Å²) in [6, 6.07) is 5.59. The van der Waals surface area contributed by atoms with Gasteiger partial charge in [-0.15, -0.1) is 0 Å². The van der Waals surface area contributed by atoms with Crippen molar-refractivity contribution >= 4 is 50.7 Å². The van der Waals surface area contributed by atoms with Crippen LogP contribution in [-0.2, 0) is 14.8 Å². The maximum atomic E-state index is 13.8. The summed E-state index contributed by atoms with van der Waals surface area (Å²) in [4.78, 5) is 33.8. The molecule has 3 unspecified atom stereocenters. The third kappa shape index (κ3) is 5.86. The van der Waals surface area contributed by atoms with Crippen molar-refractivity contribution in [3.05, 3.63) is 52.3 Å². The number of piperidine rings is 1. The first-order chi connectivity index (χ1) is 18.9. The molecule has 3 aromatic rings. The van der Waals surface area contributed by atoms with E-state index in [0.29, 0.717) is 48.1 Å². The lowest BCUT2D eigenvalue weighted by atomic mass is 9.98. The van der Waals surface area contributed by atoms with E-state index in [9.17, 15) is 23.1 Å². The van der Waals surface area contributed by atoms with Crippen LogP contribution in [0.25, 0.3) is 5.65 Å². The Morgan fingerprint density at radius 2 is 2.02 bits per heavy atom. The summed E-state index contributed by atoms with van der Waals surface area (Å²) in [6.07, 6.45) is 5.80. The minimum absolute atomic E-state index is 0.0245. The second-order valence-electron chi connectivity index (χ2n) is 10.6. The quantitative estimate of drug-likeness (QED) is 0.376. The molecule has 2 aromatic heterocycles. The Morgan fingerprint density at radius 3 is 2.75 bits per heavy atom. The molecule has 2 saturated heterocycles. The molecule has 0 saturated carbocycles. The molecule has 214 valence electrons. The van der Waals surface area contributed by atoms with Crippen molar-refractivity contribution in [1.82, 2.24) is 19.5 Å². The number of sulfonamides is 1. The molecule has 3 atom stereocenters. The van der Waals surface area contributed by atoms with Gasteiger partial charge in [0.25, 0.3) is 5.91 Å². The first kappa shape index (κ1) is 28.1. The van der Waals surface area contributed by atoms with Crippen LogP contribution in [0.2, 0.25) is 5.02 Å². The molecule has 40 heavy (non-hydrogen) atoms. The fraction of sp³-hybridized carbons (Fsp3) is 0.462. The number of anilines is 2. The average Bonchev–Trinajstić information content (AvgIpc) is 3.45. The largest absolute Gasteiger partial charge is 0.481 e. The Kier molecular flexibility index (Phi) is 7.64. The van der Waals surface area contributed by atoms with Crippen LogP contribution in [0.1, 0.15) is 59.8 Å². The van der Waals surface area contributed by atoms with Crippen LogP contribution in [0, 0.1) is 6.92 Å². The van der Waals surface area contributed by atoms with Crippen LogP contribution in [0.3, 0.4) is 0 Å². The van der Waals surface area contributed by atoms with Crippen molar-refractivity contribution in [3.8, 4) is 0 Å². The van der Waals surface area contributed by atoms with Gasteiger partial charge in [0.1, 0.15) is 5.82 Å². The van der Waals surface area contributed by atoms with Gasteiger partial charge in [-0.3, -0.25) is 14.3 Å². The number of nitrogens with two attached hydrogens (primary N) is 1. The maximum Gasteiger partial charge on any atom is 0.305 e. The second kappa shape index (κ2) is 10.9. The highest BCUT2D eigenvalue weighted by atomic mass is 35.5. The zero-order chi connectivity index (χ0) is 28.8. The number of benzene rings is 1. The zero-order valence-corrected chi connectivity index (χ0v) is 23.8. The van der Waals surface area contributed by atoms with E-state index in [0.717, 1.165) is 24.7 Å². The van der Waals surface area contributed by atoms with E-state index < -0.39 is 16.0 Å². The van der Waals surface area contributed by atoms with Gasteiger partial charge >= 0.3 is 5.97 Å². The van der Waals surface area contributed by atoms with Crippen LogP contribution in [-0.4, -0.2) is 76.3 Å². The first-order valence-corrected chi connectivity index (χ1v) is 15.4. The summed E-state index contributed by atoms with van der Waals surface area (Å²) < 4.78 is 28.0. The van der Waals surface area contributed by atoms with Crippen molar-refractivity contribution in [2.45, 2.75) is 57.2 Å². The summed E-state index contributed by atoms with van der Waals surface area (Å²) in [7, 11) is -3.62.